The first-order chi connectivity index (χ1) is 9.87. The van der Waals surface area contributed by atoms with Crippen molar-refractivity contribution in [3.63, 3.8) is 0 Å². The minimum atomic E-state index is -0.130. The largest absolute Gasteiger partial charge is 0.393 e. The Kier molecular flexibility index (Phi) is 5.45. The molecule has 0 radical (unpaired) electrons. The predicted octanol–water partition coefficient (Wildman–Crippen LogP) is 4.08. The fraction of sp³-hybridized carbons (Fsp3) is 0.684. The Hall–Kier alpha value is -0.860. The van der Waals surface area contributed by atoms with E-state index in [1.807, 2.05) is 0 Å². The fourth-order valence-corrected chi connectivity index (χ4v) is 3.49. The maximum atomic E-state index is 10.4. The van der Waals surface area contributed by atoms with Crippen molar-refractivity contribution in [3.8, 4) is 0 Å². The SMILES string of the molecule is CC(C)N(Cc1ccccc1)CC1CC(C)(C)CCC1O. The number of hydrogen-bond acceptors (Lipinski definition) is 2. The first-order valence-electron chi connectivity index (χ1n) is 8.33. The molecule has 0 bridgehead atoms. The Balaban J connectivity index is 2.02. The van der Waals surface area contributed by atoms with Crippen molar-refractivity contribution in [3.05, 3.63) is 35.9 Å². The number of aliphatic hydroxyl groups is 1. The van der Waals surface area contributed by atoms with Crippen LogP contribution in [0.3, 0.4) is 0 Å². The van der Waals surface area contributed by atoms with Gasteiger partial charge in [-0.05, 0) is 50.0 Å². The first-order valence-corrected chi connectivity index (χ1v) is 8.33. The average Bonchev–Trinajstić information content (AvgIpc) is 2.43. The highest BCUT2D eigenvalue weighted by Gasteiger charge is 2.35. The van der Waals surface area contributed by atoms with Crippen molar-refractivity contribution in [2.24, 2.45) is 11.3 Å². The second-order valence-corrected chi connectivity index (χ2v) is 7.74. The Labute approximate surface area is 130 Å². The van der Waals surface area contributed by atoms with Crippen molar-refractivity contribution >= 4 is 0 Å². The molecule has 2 rings (SSSR count). The van der Waals surface area contributed by atoms with Gasteiger partial charge < -0.3 is 5.11 Å². The Bertz CT molecular complexity index is 426. The molecule has 1 aliphatic rings. The van der Waals surface area contributed by atoms with Gasteiger partial charge in [-0.15, -0.1) is 0 Å². The van der Waals surface area contributed by atoms with Crippen LogP contribution in [-0.4, -0.2) is 28.7 Å². The zero-order valence-electron chi connectivity index (χ0n) is 14.0. The molecule has 1 saturated carbocycles. The summed E-state index contributed by atoms with van der Waals surface area (Å²) in [5.41, 5.74) is 1.73. The van der Waals surface area contributed by atoms with Crippen LogP contribution in [0.15, 0.2) is 30.3 Å². The van der Waals surface area contributed by atoms with E-state index < -0.39 is 0 Å². The van der Waals surface area contributed by atoms with Gasteiger partial charge in [0.05, 0.1) is 6.10 Å². The molecule has 1 N–H and O–H groups in total. The highest BCUT2D eigenvalue weighted by atomic mass is 16.3. The lowest BCUT2D eigenvalue weighted by atomic mass is 9.70. The van der Waals surface area contributed by atoms with Gasteiger partial charge in [-0.3, -0.25) is 4.90 Å². The zero-order valence-corrected chi connectivity index (χ0v) is 14.0. The summed E-state index contributed by atoms with van der Waals surface area (Å²) in [6.45, 7) is 11.2. The van der Waals surface area contributed by atoms with Gasteiger partial charge in [0.15, 0.2) is 0 Å². The van der Waals surface area contributed by atoms with E-state index in [-0.39, 0.29) is 6.10 Å². The number of benzene rings is 1. The Morgan fingerprint density at radius 2 is 1.90 bits per heavy atom. The lowest BCUT2D eigenvalue weighted by Crippen LogP contribution is -2.43. The molecular weight excluding hydrogens is 258 g/mol. The van der Waals surface area contributed by atoms with Crippen molar-refractivity contribution < 1.29 is 5.11 Å². The average molecular weight is 289 g/mol. The van der Waals surface area contributed by atoms with E-state index in [2.05, 4.69) is 62.9 Å². The van der Waals surface area contributed by atoms with Crippen molar-refractivity contribution in [1.29, 1.82) is 0 Å². The third-order valence-electron chi connectivity index (χ3n) is 4.90. The van der Waals surface area contributed by atoms with Gasteiger partial charge >= 0.3 is 0 Å². The minimum absolute atomic E-state index is 0.130. The highest BCUT2D eigenvalue weighted by Crippen LogP contribution is 2.39. The van der Waals surface area contributed by atoms with Crippen LogP contribution in [0, 0.1) is 11.3 Å². The van der Waals surface area contributed by atoms with Gasteiger partial charge in [-0.25, -0.2) is 0 Å². The molecule has 2 atom stereocenters. The van der Waals surface area contributed by atoms with Crippen LogP contribution >= 0.6 is 0 Å². The van der Waals surface area contributed by atoms with E-state index in [0.717, 1.165) is 32.4 Å². The Morgan fingerprint density at radius 1 is 1.24 bits per heavy atom. The van der Waals surface area contributed by atoms with E-state index in [1.54, 1.807) is 0 Å². The zero-order chi connectivity index (χ0) is 15.5. The molecule has 0 aliphatic heterocycles. The predicted molar refractivity (Wildman–Crippen MR) is 89.1 cm³/mol. The van der Waals surface area contributed by atoms with Crippen LogP contribution in [-0.2, 0) is 6.54 Å². The summed E-state index contributed by atoms with van der Waals surface area (Å²) in [4.78, 5) is 2.50. The second kappa shape index (κ2) is 6.93. The van der Waals surface area contributed by atoms with Crippen molar-refractivity contribution in [1.82, 2.24) is 4.90 Å². The summed E-state index contributed by atoms with van der Waals surface area (Å²) >= 11 is 0. The van der Waals surface area contributed by atoms with Gasteiger partial charge in [0.2, 0.25) is 0 Å². The summed E-state index contributed by atoms with van der Waals surface area (Å²) in [5, 5.41) is 10.4. The first kappa shape index (κ1) is 16.5. The van der Waals surface area contributed by atoms with Crippen LogP contribution in [0.4, 0.5) is 0 Å². The highest BCUT2D eigenvalue weighted by molar-refractivity contribution is 5.14. The summed E-state index contributed by atoms with van der Waals surface area (Å²) in [6, 6.07) is 11.2. The summed E-state index contributed by atoms with van der Waals surface area (Å²) in [6.07, 6.45) is 3.10. The third kappa shape index (κ3) is 4.82. The second-order valence-electron chi connectivity index (χ2n) is 7.74. The molecule has 0 saturated heterocycles. The molecule has 1 aliphatic carbocycles. The lowest BCUT2D eigenvalue weighted by Gasteiger charge is -2.41. The van der Waals surface area contributed by atoms with Gasteiger partial charge in [-0.1, -0.05) is 44.2 Å². The molecule has 0 heterocycles. The van der Waals surface area contributed by atoms with Gasteiger partial charge in [0.1, 0.15) is 0 Å². The summed E-state index contributed by atoms with van der Waals surface area (Å²) < 4.78 is 0. The molecule has 118 valence electrons. The molecule has 1 aromatic carbocycles. The molecule has 1 aromatic rings. The number of hydrogen-bond donors (Lipinski definition) is 1. The molecular formula is C19H31NO. The molecule has 1 fully saturated rings. The Morgan fingerprint density at radius 3 is 2.52 bits per heavy atom. The topological polar surface area (TPSA) is 23.5 Å². The van der Waals surface area contributed by atoms with Crippen LogP contribution in [0.5, 0.6) is 0 Å². The molecule has 2 heteroatoms. The maximum absolute atomic E-state index is 10.4. The maximum Gasteiger partial charge on any atom is 0.0581 e. The minimum Gasteiger partial charge on any atom is -0.393 e. The monoisotopic (exact) mass is 289 g/mol. The van der Waals surface area contributed by atoms with E-state index in [0.29, 0.717) is 17.4 Å². The molecule has 0 spiro atoms. The lowest BCUT2D eigenvalue weighted by molar-refractivity contribution is -0.00200. The standard InChI is InChI=1S/C19H31NO/c1-15(2)20(13-16-8-6-5-7-9-16)14-17-12-19(3,4)11-10-18(17)21/h5-9,15,17-18,21H,10-14H2,1-4H3. The van der Waals surface area contributed by atoms with Crippen molar-refractivity contribution in [2.75, 3.05) is 6.54 Å². The smallest absolute Gasteiger partial charge is 0.0581 e. The van der Waals surface area contributed by atoms with Gasteiger partial charge in [0.25, 0.3) is 0 Å². The van der Waals surface area contributed by atoms with Crippen LogP contribution < -0.4 is 0 Å². The van der Waals surface area contributed by atoms with E-state index in [9.17, 15) is 5.11 Å². The van der Waals surface area contributed by atoms with Crippen LogP contribution in [0.2, 0.25) is 0 Å². The fourth-order valence-electron chi connectivity index (χ4n) is 3.49. The van der Waals surface area contributed by atoms with E-state index in [4.69, 9.17) is 0 Å². The number of nitrogens with zero attached hydrogens (tertiary/aromatic N) is 1. The molecule has 2 nitrogen and oxygen atoms in total. The molecule has 0 amide bonds. The van der Waals surface area contributed by atoms with Gasteiger partial charge in [0, 0.05) is 19.1 Å². The van der Waals surface area contributed by atoms with Crippen molar-refractivity contribution in [2.45, 2.75) is 65.6 Å². The van der Waals surface area contributed by atoms with Gasteiger partial charge in [-0.2, -0.15) is 0 Å². The normalized spacial score (nSPS) is 25.5. The van der Waals surface area contributed by atoms with E-state index in [1.165, 1.54) is 5.56 Å². The molecule has 21 heavy (non-hydrogen) atoms. The third-order valence-corrected chi connectivity index (χ3v) is 4.90. The van der Waals surface area contributed by atoms with Crippen LogP contribution in [0.1, 0.15) is 52.5 Å². The number of aliphatic hydroxyl groups excluding tert-OH is 1. The van der Waals surface area contributed by atoms with E-state index >= 15 is 0 Å². The number of rotatable bonds is 5. The summed E-state index contributed by atoms with van der Waals surface area (Å²) in [5.74, 6) is 0.403. The molecule has 2 unspecified atom stereocenters. The summed E-state index contributed by atoms with van der Waals surface area (Å²) in [7, 11) is 0. The van der Waals surface area contributed by atoms with Crippen LogP contribution in [0.25, 0.3) is 0 Å². The molecule has 0 aromatic heterocycles. The quantitative estimate of drug-likeness (QED) is 0.882.